The van der Waals surface area contributed by atoms with Gasteiger partial charge in [-0.2, -0.15) is 4.98 Å². The molecule has 2 aromatic rings. The monoisotopic (exact) mass is 341 g/mol. The van der Waals surface area contributed by atoms with Crippen molar-refractivity contribution in [2.24, 2.45) is 0 Å². The van der Waals surface area contributed by atoms with E-state index in [0.29, 0.717) is 47.0 Å². The molecule has 1 aromatic heterocycles. The Bertz CT molecular complexity index is 704. The second-order valence-electron chi connectivity index (χ2n) is 4.91. The van der Waals surface area contributed by atoms with Crippen LogP contribution in [0.2, 0.25) is 10.0 Å². The number of hydrogen-bond acceptors (Lipinski definition) is 5. The Morgan fingerprint density at radius 2 is 2.23 bits per heavy atom. The molecule has 8 heteroatoms. The molecule has 0 aliphatic carbocycles. The number of nitrogens with zero attached hydrogens (tertiary/aromatic N) is 3. The predicted molar refractivity (Wildman–Crippen MR) is 80.1 cm³/mol. The molecule has 1 aliphatic rings. The number of halogens is 2. The third-order valence-corrected chi connectivity index (χ3v) is 3.89. The van der Waals surface area contributed by atoms with Crippen LogP contribution in [0.15, 0.2) is 22.7 Å². The van der Waals surface area contributed by atoms with E-state index in [1.165, 1.54) is 0 Å². The van der Waals surface area contributed by atoms with E-state index in [-0.39, 0.29) is 5.91 Å². The van der Waals surface area contributed by atoms with Crippen LogP contribution in [0.5, 0.6) is 0 Å². The summed E-state index contributed by atoms with van der Waals surface area (Å²) in [6, 6.07) is 4.81. The second kappa shape index (κ2) is 6.24. The van der Waals surface area contributed by atoms with E-state index in [9.17, 15) is 4.79 Å². The SMILES string of the molecule is Cc1nc([C@@H]2CN(C(=O)c3ccc(Cl)cc3Cl)CCO2)no1. The number of ether oxygens (including phenoxy) is 1. The number of benzene rings is 1. The number of aryl methyl sites for hydroxylation is 1. The minimum atomic E-state index is -0.402. The minimum Gasteiger partial charge on any atom is -0.366 e. The van der Waals surface area contributed by atoms with Crippen molar-refractivity contribution >= 4 is 29.1 Å². The summed E-state index contributed by atoms with van der Waals surface area (Å²) in [6.45, 7) is 2.92. The minimum absolute atomic E-state index is 0.171. The lowest BCUT2D eigenvalue weighted by molar-refractivity contribution is -0.0276. The van der Waals surface area contributed by atoms with Gasteiger partial charge < -0.3 is 14.2 Å². The maximum Gasteiger partial charge on any atom is 0.255 e. The van der Waals surface area contributed by atoms with Gasteiger partial charge in [-0.1, -0.05) is 28.4 Å². The smallest absolute Gasteiger partial charge is 0.255 e. The van der Waals surface area contributed by atoms with Gasteiger partial charge in [0.1, 0.15) is 6.10 Å². The fraction of sp³-hybridized carbons (Fsp3) is 0.357. The maximum absolute atomic E-state index is 12.6. The van der Waals surface area contributed by atoms with E-state index in [4.69, 9.17) is 32.5 Å². The first kappa shape index (κ1) is 15.3. The zero-order valence-corrected chi connectivity index (χ0v) is 13.3. The Labute approximate surface area is 136 Å². The zero-order chi connectivity index (χ0) is 15.7. The Morgan fingerprint density at radius 3 is 2.91 bits per heavy atom. The molecule has 1 aromatic carbocycles. The number of rotatable bonds is 2. The molecule has 1 aliphatic heterocycles. The summed E-state index contributed by atoms with van der Waals surface area (Å²) in [5.74, 6) is 0.732. The van der Waals surface area contributed by atoms with Crippen molar-refractivity contribution in [3.05, 3.63) is 45.5 Å². The molecule has 0 saturated carbocycles. The summed E-state index contributed by atoms with van der Waals surface area (Å²) in [4.78, 5) is 18.4. The topological polar surface area (TPSA) is 68.5 Å². The van der Waals surface area contributed by atoms with Crippen LogP contribution in [-0.2, 0) is 4.74 Å². The highest BCUT2D eigenvalue weighted by Crippen LogP contribution is 2.25. The third-order valence-electron chi connectivity index (χ3n) is 3.35. The summed E-state index contributed by atoms with van der Waals surface area (Å²) in [5, 5.41) is 4.66. The first-order valence-electron chi connectivity index (χ1n) is 6.71. The van der Waals surface area contributed by atoms with E-state index in [0.717, 1.165) is 0 Å². The molecule has 1 atom stereocenters. The number of carbonyl (C=O) groups excluding carboxylic acids is 1. The standard InChI is InChI=1S/C14H13Cl2N3O3/c1-8-17-13(18-22-8)12-7-19(4-5-21-12)14(20)10-3-2-9(15)6-11(10)16/h2-3,6,12H,4-5,7H2,1H3/t12-/m0/s1. The molecular formula is C14H13Cl2N3O3. The lowest BCUT2D eigenvalue weighted by atomic mass is 10.1. The number of morpholine rings is 1. The average Bonchev–Trinajstić information content (AvgIpc) is 2.93. The quantitative estimate of drug-likeness (QED) is 0.839. The summed E-state index contributed by atoms with van der Waals surface area (Å²) in [6.07, 6.45) is -0.402. The van der Waals surface area contributed by atoms with E-state index in [1.807, 2.05) is 0 Å². The van der Waals surface area contributed by atoms with Crippen molar-refractivity contribution in [3.8, 4) is 0 Å². The summed E-state index contributed by atoms with van der Waals surface area (Å²) < 4.78 is 10.6. The number of carbonyl (C=O) groups is 1. The highest BCUT2D eigenvalue weighted by molar-refractivity contribution is 6.36. The van der Waals surface area contributed by atoms with Crippen LogP contribution in [0.25, 0.3) is 0 Å². The summed E-state index contributed by atoms with van der Waals surface area (Å²) in [5.41, 5.74) is 0.413. The third kappa shape index (κ3) is 3.09. The van der Waals surface area contributed by atoms with Crippen LogP contribution in [0.4, 0.5) is 0 Å². The van der Waals surface area contributed by atoms with Crippen LogP contribution in [-0.4, -0.2) is 40.6 Å². The van der Waals surface area contributed by atoms with Gasteiger partial charge in [0.25, 0.3) is 5.91 Å². The van der Waals surface area contributed by atoms with Crippen molar-refractivity contribution < 1.29 is 14.1 Å². The van der Waals surface area contributed by atoms with Crippen molar-refractivity contribution in [1.29, 1.82) is 0 Å². The molecule has 0 N–H and O–H groups in total. The molecule has 22 heavy (non-hydrogen) atoms. The fourth-order valence-corrected chi connectivity index (χ4v) is 2.76. The van der Waals surface area contributed by atoms with Gasteiger partial charge in [-0.3, -0.25) is 4.79 Å². The molecule has 2 heterocycles. The van der Waals surface area contributed by atoms with Crippen molar-refractivity contribution in [2.75, 3.05) is 19.7 Å². The number of hydrogen-bond donors (Lipinski definition) is 0. The van der Waals surface area contributed by atoms with Gasteiger partial charge in [0.2, 0.25) is 11.7 Å². The van der Waals surface area contributed by atoms with Crippen molar-refractivity contribution in [2.45, 2.75) is 13.0 Å². The van der Waals surface area contributed by atoms with Crippen LogP contribution in [0, 0.1) is 6.92 Å². The van der Waals surface area contributed by atoms with Crippen LogP contribution < -0.4 is 0 Å². The van der Waals surface area contributed by atoms with E-state index < -0.39 is 6.10 Å². The Kier molecular flexibility index (Phi) is 4.33. The number of aromatic nitrogens is 2. The Hall–Kier alpha value is -1.63. The molecule has 0 spiro atoms. The van der Waals surface area contributed by atoms with Crippen LogP contribution in [0.1, 0.15) is 28.2 Å². The number of amides is 1. The molecule has 0 unspecified atom stereocenters. The van der Waals surface area contributed by atoms with Gasteiger partial charge in [0.15, 0.2) is 0 Å². The molecule has 1 amide bonds. The molecule has 0 radical (unpaired) electrons. The molecular weight excluding hydrogens is 329 g/mol. The fourth-order valence-electron chi connectivity index (χ4n) is 2.27. The zero-order valence-electron chi connectivity index (χ0n) is 11.8. The van der Waals surface area contributed by atoms with E-state index in [2.05, 4.69) is 10.1 Å². The van der Waals surface area contributed by atoms with Crippen molar-refractivity contribution in [1.82, 2.24) is 15.0 Å². The van der Waals surface area contributed by atoms with E-state index in [1.54, 1.807) is 30.0 Å². The normalized spacial score (nSPS) is 18.5. The van der Waals surface area contributed by atoms with Gasteiger partial charge in [0, 0.05) is 18.5 Å². The van der Waals surface area contributed by atoms with Crippen LogP contribution in [0.3, 0.4) is 0 Å². The second-order valence-corrected chi connectivity index (χ2v) is 5.75. The largest absolute Gasteiger partial charge is 0.366 e. The molecule has 1 saturated heterocycles. The highest BCUT2D eigenvalue weighted by Gasteiger charge is 2.29. The van der Waals surface area contributed by atoms with Gasteiger partial charge in [-0.05, 0) is 18.2 Å². The van der Waals surface area contributed by atoms with Gasteiger partial charge in [0.05, 0.1) is 23.7 Å². The lowest BCUT2D eigenvalue weighted by Crippen LogP contribution is -2.42. The average molecular weight is 342 g/mol. The molecule has 3 rings (SSSR count). The first-order valence-corrected chi connectivity index (χ1v) is 7.46. The molecule has 6 nitrogen and oxygen atoms in total. The first-order chi connectivity index (χ1) is 10.5. The Balaban J connectivity index is 1.78. The van der Waals surface area contributed by atoms with Crippen molar-refractivity contribution in [3.63, 3.8) is 0 Å². The predicted octanol–water partition coefficient (Wildman–Crippen LogP) is 2.90. The van der Waals surface area contributed by atoms with Gasteiger partial charge in [-0.25, -0.2) is 0 Å². The maximum atomic E-state index is 12.6. The highest BCUT2D eigenvalue weighted by atomic mass is 35.5. The summed E-state index contributed by atoms with van der Waals surface area (Å²) in [7, 11) is 0. The van der Waals surface area contributed by atoms with E-state index >= 15 is 0 Å². The summed E-state index contributed by atoms with van der Waals surface area (Å²) >= 11 is 12.0. The van der Waals surface area contributed by atoms with Gasteiger partial charge in [-0.15, -0.1) is 0 Å². The molecule has 0 bridgehead atoms. The van der Waals surface area contributed by atoms with Crippen LogP contribution >= 0.6 is 23.2 Å². The molecule has 1 fully saturated rings. The Morgan fingerprint density at radius 1 is 1.41 bits per heavy atom. The lowest BCUT2D eigenvalue weighted by Gasteiger charge is -2.31. The van der Waals surface area contributed by atoms with Gasteiger partial charge >= 0.3 is 0 Å². The molecule has 116 valence electrons.